The van der Waals surface area contributed by atoms with E-state index in [1.807, 2.05) is 11.8 Å². The number of thioether (sulfide) groups is 1. The third-order valence-electron chi connectivity index (χ3n) is 5.60. The first-order valence-electron chi connectivity index (χ1n) is 8.87. The van der Waals surface area contributed by atoms with Gasteiger partial charge in [-0.15, -0.1) is 0 Å². The van der Waals surface area contributed by atoms with Gasteiger partial charge in [-0.2, -0.15) is 0 Å². The average molecular weight is 310 g/mol. The summed E-state index contributed by atoms with van der Waals surface area (Å²) in [6, 6.07) is 0. The van der Waals surface area contributed by atoms with Crippen LogP contribution >= 0.6 is 11.8 Å². The van der Waals surface area contributed by atoms with Gasteiger partial charge in [0.25, 0.3) is 0 Å². The predicted molar refractivity (Wildman–Crippen MR) is 93.1 cm³/mol. The van der Waals surface area contributed by atoms with Crippen LogP contribution in [0.25, 0.3) is 0 Å². The maximum atomic E-state index is 4.92. The van der Waals surface area contributed by atoms with E-state index in [2.05, 4.69) is 24.1 Å². The van der Waals surface area contributed by atoms with Crippen molar-refractivity contribution in [2.24, 2.45) is 16.8 Å². The van der Waals surface area contributed by atoms with Crippen LogP contribution in [0.2, 0.25) is 0 Å². The van der Waals surface area contributed by atoms with Gasteiger partial charge in [-0.05, 0) is 57.2 Å². The molecule has 2 unspecified atom stereocenters. The van der Waals surface area contributed by atoms with Gasteiger partial charge < -0.3 is 10.2 Å². The molecule has 3 fully saturated rings. The van der Waals surface area contributed by atoms with E-state index in [1.165, 1.54) is 69.1 Å². The SMILES string of the molecule is CCN1CCC(CN=C2NC3(CCCC(C)C3)CS2)CC1. The van der Waals surface area contributed by atoms with Crippen molar-refractivity contribution in [2.75, 3.05) is 31.9 Å². The predicted octanol–water partition coefficient (Wildman–Crippen LogP) is 3.36. The minimum Gasteiger partial charge on any atom is -0.359 e. The number of nitrogens with zero attached hydrogens (tertiary/aromatic N) is 2. The van der Waals surface area contributed by atoms with Crippen molar-refractivity contribution in [1.29, 1.82) is 0 Å². The molecular formula is C17H31N3S. The third-order valence-corrected chi connectivity index (χ3v) is 6.80. The monoisotopic (exact) mass is 309 g/mol. The van der Waals surface area contributed by atoms with E-state index in [4.69, 9.17) is 4.99 Å². The first-order chi connectivity index (χ1) is 10.2. The number of hydrogen-bond donors (Lipinski definition) is 1. The normalized spacial score (nSPS) is 37.2. The topological polar surface area (TPSA) is 27.6 Å². The molecule has 2 heterocycles. The first-order valence-corrected chi connectivity index (χ1v) is 9.85. The van der Waals surface area contributed by atoms with Gasteiger partial charge in [0, 0.05) is 17.8 Å². The van der Waals surface area contributed by atoms with Crippen LogP contribution in [0.15, 0.2) is 4.99 Å². The lowest BCUT2D eigenvalue weighted by atomic mass is 9.78. The van der Waals surface area contributed by atoms with Gasteiger partial charge in [0.05, 0.1) is 0 Å². The highest BCUT2D eigenvalue weighted by Crippen LogP contribution is 2.38. The molecule has 0 radical (unpaired) electrons. The fraction of sp³-hybridized carbons (Fsp3) is 0.941. The summed E-state index contributed by atoms with van der Waals surface area (Å²) >= 11 is 1.97. The highest BCUT2D eigenvalue weighted by atomic mass is 32.2. The van der Waals surface area contributed by atoms with Crippen LogP contribution in [0, 0.1) is 11.8 Å². The Hall–Kier alpha value is -0.220. The molecule has 2 saturated heterocycles. The second-order valence-electron chi connectivity index (χ2n) is 7.42. The van der Waals surface area contributed by atoms with Gasteiger partial charge in [0.2, 0.25) is 0 Å². The smallest absolute Gasteiger partial charge is 0.157 e. The largest absolute Gasteiger partial charge is 0.359 e. The lowest BCUT2D eigenvalue weighted by molar-refractivity contribution is 0.196. The Morgan fingerprint density at radius 3 is 2.86 bits per heavy atom. The number of rotatable bonds is 3. The van der Waals surface area contributed by atoms with Crippen molar-refractivity contribution in [3.8, 4) is 0 Å². The maximum Gasteiger partial charge on any atom is 0.157 e. The van der Waals surface area contributed by atoms with Crippen LogP contribution in [-0.4, -0.2) is 47.5 Å². The summed E-state index contributed by atoms with van der Waals surface area (Å²) in [5.41, 5.74) is 0.382. The zero-order valence-electron chi connectivity index (χ0n) is 13.7. The standard InChI is InChI=1S/C17H31N3S/c1-3-20-9-6-15(7-10-20)12-18-16-19-17(13-21-16)8-4-5-14(2)11-17/h14-15H,3-13H2,1-2H3,(H,18,19). The molecule has 2 atom stereocenters. The van der Waals surface area contributed by atoms with E-state index in [0.717, 1.165) is 18.4 Å². The zero-order valence-corrected chi connectivity index (χ0v) is 14.6. The highest BCUT2D eigenvalue weighted by molar-refractivity contribution is 8.14. The molecule has 120 valence electrons. The molecule has 0 aromatic heterocycles. The van der Waals surface area contributed by atoms with Crippen molar-refractivity contribution in [2.45, 2.75) is 57.9 Å². The van der Waals surface area contributed by atoms with Crippen LogP contribution in [0.1, 0.15) is 52.4 Å². The van der Waals surface area contributed by atoms with Gasteiger partial charge >= 0.3 is 0 Å². The summed E-state index contributed by atoms with van der Waals surface area (Å²) in [6.07, 6.45) is 8.15. The fourth-order valence-electron chi connectivity index (χ4n) is 4.19. The lowest BCUT2D eigenvalue weighted by Crippen LogP contribution is -2.47. The molecule has 3 rings (SSSR count). The number of amidine groups is 1. The lowest BCUT2D eigenvalue weighted by Gasteiger charge is -2.36. The van der Waals surface area contributed by atoms with Crippen LogP contribution in [0.5, 0.6) is 0 Å². The molecule has 0 aromatic rings. The van der Waals surface area contributed by atoms with Crippen molar-refractivity contribution in [1.82, 2.24) is 10.2 Å². The number of hydrogen-bond acceptors (Lipinski definition) is 3. The summed E-state index contributed by atoms with van der Waals surface area (Å²) in [6.45, 7) is 9.47. The third kappa shape index (κ3) is 3.95. The zero-order chi connectivity index (χ0) is 14.7. The Balaban J connectivity index is 1.47. The van der Waals surface area contributed by atoms with Gasteiger partial charge in [0.1, 0.15) is 0 Å². The van der Waals surface area contributed by atoms with E-state index in [1.54, 1.807) is 0 Å². The van der Waals surface area contributed by atoms with E-state index in [9.17, 15) is 0 Å². The van der Waals surface area contributed by atoms with Crippen molar-refractivity contribution >= 4 is 16.9 Å². The molecule has 4 heteroatoms. The molecule has 2 aliphatic heterocycles. The molecule has 1 N–H and O–H groups in total. The fourth-order valence-corrected chi connectivity index (χ4v) is 5.39. The second-order valence-corrected chi connectivity index (χ2v) is 8.38. The van der Waals surface area contributed by atoms with Crippen LogP contribution < -0.4 is 5.32 Å². The van der Waals surface area contributed by atoms with Crippen molar-refractivity contribution in [3.05, 3.63) is 0 Å². The second kappa shape index (κ2) is 6.91. The highest BCUT2D eigenvalue weighted by Gasteiger charge is 2.40. The number of piperidine rings is 1. The molecule has 1 aliphatic carbocycles. The summed E-state index contributed by atoms with van der Waals surface area (Å²) in [5.74, 6) is 2.93. The van der Waals surface area contributed by atoms with E-state index in [0.29, 0.717) is 5.54 Å². The summed E-state index contributed by atoms with van der Waals surface area (Å²) in [5, 5.41) is 5.04. The summed E-state index contributed by atoms with van der Waals surface area (Å²) < 4.78 is 0. The van der Waals surface area contributed by atoms with Gasteiger partial charge in [0.15, 0.2) is 5.17 Å². The number of nitrogens with one attached hydrogen (secondary N) is 1. The van der Waals surface area contributed by atoms with E-state index >= 15 is 0 Å². The summed E-state index contributed by atoms with van der Waals surface area (Å²) in [4.78, 5) is 7.48. The Morgan fingerprint density at radius 1 is 1.33 bits per heavy atom. The van der Waals surface area contributed by atoms with Gasteiger partial charge in [-0.3, -0.25) is 4.99 Å². The summed E-state index contributed by atoms with van der Waals surface area (Å²) in [7, 11) is 0. The number of likely N-dealkylation sites (tertiary alicyclic amines) is 1. The molecule has 1 spiro atoms. The molecule has 0 bridgehead atoms. The molecule has 21 heavy (non-hydrogen) atoms. The quantitative estimate of drug-likeness (QED) is 0.866. The van der Waals surface area contributed by atoms with Crippen molar-refractivity contribution in [3.63, 3.8) is 0 Å². The van der Waals surface area contributed by atoms with Crippen LogP contribution in [-0.2, 0) is 0 Å². The molecule has 1 saturated carbocycles. The molecule has 0 aromatic carbocycles. The minimum absolute atomic E-state index is 0.382. The molecular weight excluding hydrogens is 278 g/mol. The number of aliphatic imine (C=N–C) groups is 1. The Kier molecular flexibility index (Phi) is 5.15. The van der Waals surface area contributed by atoms with E-state index in [-0.39, 0.29) is 0 Å². The average Bonchev–Trinajstić information content (AvgIpc) is 2.88. The van der Waals surface area contributed by atoms with Crippen molar-refractivity contribution < 1.29 is 0 Å². The first kappa shape index (κ1) is 15.7. The van der Waals surface area contributed by atoms with Crippen LogP contribution in [0.3, 0.4) is 0 Å². The maximum absolute atomic E-state index is 4.92. The molecule has 0 amide bonds. The van der Waals surface area contributed by atoms with Gasteiger partial charge in [-0.1, -0.05) is 38.5 Å². The Bertz CT molecular complexity index is 376. The molecule has 3 aliphatic rings. The molecule has 3 nitrogen and oxygen atoms in total. The van der Waals surface area contributed by atoms with Crippen LogP contribution in [0.4, 0.5) is 0 Å². The van der Waals surface area contributed by atoms with E-state index < -0.39 is 0 Å². The Morgan fingerprint density at radius 2 is 2.14 bits per heavy atom. The van der Waals surface area contributed by atoms with Gasteiger partial charge in [-0.25, -0.2) is 0 Å². The Labute approximate surface area is 134 Å². The minimum atomic E-state index is 0.382.